The van der Waals surface area contributed by atoms with Crippen molar-refractivity contribution in [3.63, 3.8) is 0 Å². The number of hydrogen-bond acceptors (Lipinski definition) is 1. The Kier molecular flexibility index (Phi) is 1.48. The Hall–Kier alpha value is -0.0400. The fourth-order valence-electron chi connectivity index (χ4n) is 2.59. The Labute approximate surface area is 63.0 Å². The maximum atomic E-state index is 6.05. The molecule has 2 fully saturated rings. The average molecular weight is 139 g/mol. The molecule has 0 radical (unpaired) electrons. The molecule has 0 aliphatic heterocycles. The van der Waals surface area contributed by atoms with E-state index in [1.54, 1.807) is 0 Å². The number of fused-ring (bicyclic) bond motifs is 1. The van der Waals surface area contributed by atoms with Crippen molar-refractivity contribution in [1.82, 2.24) is 0 Å². The van der Waals surface area contributed by atoms with Gasteiger partial charge in [0.25, 0.3) is 0 Å². The summed E-state index contributed by atoms with van der Waals surface area (Å²) < 4.78 is 0. The zero-order chi connectivity index (χ0) is 7.14. The van der Waals surface area contributed by atoms with Crippen molar-refractivity contribution in [2.75, 3.05) is 0 Å². The largest absolute Gasteiger partial charge is 0.327 e. The lowest BCUT2D eigenvalue weighted by molar-refractivity contribution is 0.393. The molecule has 58 valence electrons. The highest BCUT2D eigenvalue weighted by Gasteiger charge is 2.50. The summed E-state index contributed by atoms with van der Waals surface area (Å²) in [5.74, 6) is 2.87. The highest BCUT2D eigenvalue weighted by molar-refractivity contribution is 5.03. The van der Waals surface area contributed by atoms with Crippen molar-refractivity contribution in [1.29, 1.82) is 0 Å². The van der Waals surface area contributed by atoms with Gasteiger partial charge >= 0.3 is 0 Å². The van der Waals surface area contributed by atoms with Crippen LogP contribution < -0.4 is 5.73 Å². The summed E-state index contributed by atoms with van der Waals surface area (Å²) in [7, 11) is 0. The van der Waals surface area contributed by atoms with Gasteiger partial charge in [-0.2, -0.15) is 0 Å². The van der Waals surface area contributed by atoms with Gasteiger partial charge < -0.3 is 5.73 Å². The molecule has 2 rings (SSSR count). The van der Waals surface area contributed by atoms with E-state index in [0.29, 0.717) is 6.04 Å². The molecule has 1 heteroatoms. The highest BCUT2D eigenvalue weighted by atomic mass is 14.8. The van der Waals surface area contributed by atoms with E-state index in [0.717, 1.165) is 17.8 Å². The third-order valence-electron chi connectivity index (χ3n) is 3.28. The van der Waals surface area contributed by atoms with E-state index in [1.807, 2.05) is 0 Å². The fraction of sp³-hybridized carbons (Fsp3) is 1.00. The normalized spacial score (nSPS) is 51.0. The van der Waals surface area contributed by atoms with E-state index in [-0.39, 0.29) is 0 Å². The molecule has 4 atom stereocenters. The zero-order valence-electron chi connectivity index (χ0n) is 6.72. The lowest BCUT2D eigenvalue weighted by Gasteiger charge is -2.16. The molecule has 0 bridgehead atoms. The van der Waals surface area contributed by atoms with Crippen molar-refractivity contribution in [2.45, 2.75) is 38.6 Å². The van der Waals surface area contributed by atoms with Gasteiger partial charge in [-0.25, -0.2) is 0 Å². The molecule has 2 aliphatic rings. The predicted molar refractivity (Wildman–Crippen MR) is 42.6 cm³/mol. The lowest BCUT2D eigenvalue weighted by Crippen LogP contribution is -2.28. The van der Waals surface area contributed by atoms with E-state index in [4.69, 9.17) is 5.73 Å². The minimum Gasteiger partial charge on any atom is -0.327 e. The Bertz CT molecular complexity index is 133. The molecule has 0 saturated heterocycles. The predicted octanol–water partition coefficient (Wildman–Crippen LogP) is 1.77. The van der Waals surface area contributed by atoms with Gasteiger partial charge in [-0.3, -0.25) is 0 Å². The first kappa shape index (κ1) is 6.66. The SMILES string of the molecule is CCC[C@H]1C[C@@H]2C[C@H]2[C@@H]1N. The first-order valence-corrected chi connectivity index (χ1v) is 4.58. The second kappa shape index (κ2) is 2.23. The second-order valence-electron chi connectivity index (χ2n) is 4.02. The van der Waals surface area contributed by atoms with E-state index >= 15 is 0 Å². The topological polar surface area (TPSA) is 26.0 Å². The van der Waals surface area contributed by atoms with Crippen LogP contribution in [-0.4, -0.2) is 6.04 Å². The lowest BCUT2D eigenvalue weighted by atomic mass is 9.94. The number of hydrogen-bond donors (Lipinski definition) is 1. The first-order valence-electron chi connectivity index (χ1n) is 4.58. The van der Waals surface area contributed by atoms with E-state index < -0.39 is 0 Å². The molecule has 0 unspecified atom stereocenters. The highest BCUT2D eigenvalue weighted by Crippen LogP contribution is 2.54. The molecule has 10 heavy (non-hydrogen) atoms. The summed E-state index contributed by atoms with van der Waals surface area (Å²) in [6.45, 7) is 2.26. The molecule has 0 aromatic rings. The van der Waals surface area contributed by atoms with Crippen LogP contribution in [0.15, 0.2) is 0 Å². The maximum absolute atomic E-state index is 6.05. The standard InChI is InChI=1S/C9H17N/c1-2-3-6-4-7-5-8(7)9(6)10/h6-9H,2-5,10H2,1H3/t6-,7+,8+,9+/m0/s1. The number of nitrogens with two attached hydrogens (primary N) is 1. The van der Waals surface area contributed by atoms with Crippen molar-refractivity contribution in [3.05, 3.63) is 0 Å². The van der Waals surface area contributed by atoms with Crippen molar-refractivity contribution < 1.29 is 0 Å². The van der Waals surface area contributed by atoms with Gasteiger partial charge in [0.05, 0.1) is 0 Å². The van der Waals surface area contributed by atoms with Crippen LogP contribution >= 0.6 is 0 Å². The molecule has 0 aromatic heterocycles. The molecule has 0 spiro atoms. The van der Waals surface area contributed by atoms with Crippen molar-refractivity contribution >= 4 is 0 Å². The molecular weight excluding hydrogens is 122 g/mol. The molecular formula is C9H17N. The second-order valence-corrected chi connectivity index (χ2v) is 4.02. The summed E-state index contributed by atoms with van der Waals surface area (Å²) in [6.07, 6.45) is 5.58. The van der Waals surface area contributed by atoms with Gasteiger partial charge in [0.1, 0.15) is 0 Å². The Morgan fingerprint density at radius 3 is 2.70 bits per heavy atom. The Balaban J connectivity index is 1.88. The summed E-state index contributed by atoms with van der Waals surface area (Å²) in [5.41, 5.74) is 6.05. The summed E-state index contributed by atoms with van der Waals surface area (Å²) in [6, 6.07) is 0.574. The van der Waals surface area contributed by atoms with E-state index in [9.17, 15) is 0 Å². The van der Waals surface area contributed by atoms with Crippen LogP contribution in [-0.2, 0) is 0 Å². The van der Waals surface area contributed by atoms with Crippen LogP contribution in [0.3, 0.4) is 0 Å². The molecule has 2 aliphatic carbocycles. The van der Waals surface area contributed by atoms with Crippen LogP contribution in [0.2, 0.25) is 0 Å². The average Bonchev–Trinajstić information content (AvgIpc) is 2.60. The van der Waals surface area contributed by atoms with Gasteiger partial charge in [0, 0.05) is 6.04 Å². The van der Waals surface area contributed by atoms with Gasteiger partial charge in [-0.15, -0.1) is 0 Å². The van der Waals surface area contributed by atoms with Crippen LogP contribution in [0.1, 0.15) is 32.6 Å². The van der Waals surface area contributed by atoms with Gasteiger partial charge in [0.2, 0.25) is 0 Å². The van der Waals surface area contributed by atoms with Crippen molar-refractivity contribution in [2.24, 2.45) is 23.5 Å². The smallest absolute Gasteiger partial charge is 0.00984 e. The van der Waals surface area contributed by atoms with E-state index in [1.165, 1.54) is 25.7 Å². The summed E-state index contributed by atoms with van der Waals surface area (Å²) in [4.78, 5) is 0. The maximum Gasteiger partial charge on any atom is 0.00984 e. The fourth-order valence-corrected chi connectivity index (χ4v) is 2.59. The van der Waals surface area contributed by atoms with Crippen LogP contribution in [0.4, 0.5) is 0 Å². The minimum absolute atomic E-state index is 0.574. The molecule has 1 nitrogen and oxygen atoms in total. The zero-order valence-corrected chi connectivity index (χ0v) is 6.72. The summed E-state index contributed by atoms with van der Waals surface area (Å²) >= 11 is 0. The van der Waals surface area contributed by atoms with Crippen LogP contribution in [0.5, 0.6) is 0 Å². The van der Waals surface area contributed by atoms with Gasteiger partial charge in [-0.1, -0.05) is 13.3 Å². The molecule has 2 saturated carbocycles. The molecule has 0 aromatic carbocycles. The molecule has 0 heterocycles. The summed E-state index contributed by atoms with van der Waals surface area (Å²) in [5, 5.41) is 0. The Morgan fingerprint density at radius 1 is 1.40 bits per heavy atom. The van der Waals surface area contributed by atoms with Gasteiger partial charge in [-0.05, 0) is 37.0 Å². The molecule has 2 N–H and O–H groups in total. The molecule has 0 amide bonds. The van der Waals surface area contributed by atoms with Crippen LogP contribution in [0, 0.1) is 17.8 Å². The van der Waals surface area contributed by atoms with Crippen molar-refractivity contribution in [3.8, 4) is 0 Å². The van der Waals surface area contributed by atoms with Crippen LogP contribution in [0.25, 0.3) is 0 Å². The number of rotatable bonds is 2. The van der Waals surface area contributed by atoms with Gasteiger partial charge in [0.15, 0.2) is 0 Å². The first-order chi connectivity index (χ1) is 4.83. The Morgan fingerprint density at radius 2 is 2.20 bits per heavy atom. The monoisotopic (exact) mass is 139 g/mol. The third kappa shape index (κ3) is 0.878. The third-order valence-corrected chi connectivity index (χ3v) is 3.28. The minimum atomic E-state index is 0.574. The van der Waals surface area contributed by atoms with E-state index in [2.05, 4.69) is 6.92 Å². The quantitative estimate of drug-likeness (QED) is 0.620.